The minimum atomic E-state index is -1.01. The van der Waals surface area contributed by atoms with Gasteiger partial charge in [0, 0.05) is 18.0 Å². The largest absolute Gasteiger partial charge is 0.385 e. The summed E-state index contributed by atoms with van der Waals surface area (Å²) in [6, 6.07) is 7.25. The fourth-order valence-electron chi connectivity index (χ4n) is 1.92. The fourth-order valence-corrected chi connectivity index (χ4v) is 2.11. The van der Waals surface area contributed by atoms with E-state index in [9.17, 15) is 5.11 Å². The molecule has 0 amide bonds. The summed E-state index contributed by atoms with van der Waals surface area (Å²) in [5.74, 6) is 0.766. The zero-order valence-corrected chi connectivity index (χ0v) is 11.2. The van der Waals surface area contributed by atoms with Crippen molar-refractivity contribution in [2.45, 2.75) is 32.4 Å². The van der Waals surface area contributed by atoms with Gasteiger partial charge in [0.05, 0.1) is 5.60 Å². The maximum Gasteiger partial charge on any atom is 0.138 e. The molecule has 1 atom stereocenters. The van der Waals surface area contributed by atoms with Gasteiger partial charge in [-0.05, 0) is 31.5 Å². The molecule has 2 rings (SSSR count). The summed E-state index contributed by atoms with van der Waals surface area (Å²) in [5.41, 5.74) is -0.231. The van der Waals surface area contributed by atoms with Crippen LogP contribution in [0.4, 0.5) is 0 Å². The van der Waals surface area contributed by atoms with Crippen LogP contribution in [0.15, 0.2) is 30.6 Å². The average Bonchev–Trinajstić information content (AvgIpc) is 2.75. The van der Waals surface area contributed by atoms with Crippen molar-refractivity contribution in [1.82, 2.24) is 14.8 Å². The van der Waals surface area contributed by atoms with Gasteiger partial charge in [0.25, 0.3) is 0 Å². The minimum Gasteiger partial charge on any atom is -0.385 e. The molecular formula is C13H16ClN3O. The second-order valence-corrected chi connectivity index (χ2v) is 4.89. The van der Waals surface area contributed by atoms with Gasteiger partial charge in [-0.15, -0.1) is 0 Å². The number of rotatable bonds is 4. The van der Waals surface area contributed by atoms with Gasteiger partial charge in [0.15, 0.2) is 0 Å². The van der Waals surface area contributed by atoms with Crippen LogP contribution in [-0.2, 0) is 18.6 Å². The van der Waals surface area contributed by atoms with E-state index in [0.29, 0.717) is 11.4 Å². The van der Waals surface area contributed by atoms with Crippen LogP contribution in [0.2, 0.25) is 5.02 Å². The van der Waals surface area contributed by atoms with Crippen LogP contribution in [-0.4, -0.2) is 19.9 Å². The van der Waals surface area contributed by atoms with Gasteiger partial charge in [0.2, 0.25) is 0 Å². The molecule has 1 aromatic carbocycles. The molecule has 96 valence electrons. The molecular weight excluding hydrogens is 250 g/mol. The Morgan fingerprint density at radius 3 is 2.89 bits per heavy atom. The lowest BCUT2D eigenvalue weighted by Crippen LogP contribution is -2.26. The zero-order chi connectivity index (χ0) is 13.2. The van der Waals surface area contributed by atoms with Crippen molar-refractivity contribution < 1.29 is 5.11 Å². The summed E-state index contributed by atoms with van der Waals surface area (Å²) in [6.07, 6.45) is 1.91. The Morgan fingerprint density at radius 2 is 2.22 bits per heavy atom. The van der Waals surface area contributed by atoms with E-state index in [1.165, 1.54) is 6.33 Å². The van der Waals surface area contributed by atoms with E-state index < -0.39 is 5.60 Å². The monoisotopic (exact) mass is 265 g/mol. The Morgan fingerprint density at radius 1 is 1.44 bits per heavy atom. The van der Waals surface area contributed by atoms with Crippen LogP contribution in [0.25, 0.3) is 0 Å². The SMILES string of the molecule is CCn1ncnc1CC(C)(O)c1cccc(Cl)c1. The molecule has 5 heteroatoms. The third kappa shape index (κ3) is 2.71. The third-order valence-electron chi connectivity index (χ3n) is 2.94. The van der Waals surface area contributed by atoms with E-state index in [0.717, 1.165) is 17.9 Å². The van der Waals surface area contributed by atoms with Gasteiger partial charge in [-0.3, -0.25) is 4.68 Å². The summed E-state index contributed by atoms with van der Waals surface area (Å²) in [7, 11) is 0. The van der Waals surface area contributed by atoms with E-state index in [1.807, 2.05) is 19.1 Å². The number of aromatic nitrogens is 3. The highest BCUT2D eigenvalue weighted by molar-refractivity contribution is 6.30. The first-order valence-electron chi connectivity index (χ1n) is 5.88. The first-order chi connectivity index (χ1) is 8.53. The Bertz CT molecular complexity index is 537. The lowest BCUT2D eigenvalue weighted by Gasteiger charge is -2.23. The van der Waals surface area contributed by atoms with Crippen LogP contribution in [0.5, 0.6) is 0 Å². The molecule has 1 heterocycles. The third-order valence-corrected chi connectivity index (χ3v) is 3.18. The normalized spacial score (nSPS) is 14.4. The predicted octanol–water partition coefficient (Wildman–Crippen LogP) is 2.40. The molecule has 1 unspecified atom stereocenters. The van der Waals surface area contributed by atoms with Gasteiger partial charge in [-0.25, -0.2) is 4.98 Å². The van der Waals surface area contributed by atoms with Crippen LogP contribution >= 0.6 is 11.6 Å². The van der Waals surface area contributed by atoms with Gasteiger partial charge in [-0.1, -0.05) is 23.7 Å². The lowest BCUT2D eigenvalue weighted by atomic mass is 9.92. The second kappa shape index (κ2) is 5.08. The number of hydrogen-bond donors (Lipinski definition) is 1. The predicted molar refractivity (Wildman–Crippen MR) is 70.4 cm³/mol. The molecule has 0 saturated heterocycles. The first-order valence-corrected chi connectivity index (χ1v) is 6.26. The van der Waals surface area contributed by atoms with Gasteiger partial charge in [0.1, 0.15) is 12.2 Å². The van der Waals surface area contributed by atoms with Crippen molar-refractivity contribution in [3.8, 4) is 0 Å². The molecule has 0 bridgehead atoms. The molecule has 0 fully saturated rings. The smallest absolute Gasteiger partial charge is 0.138 e. The summed E-state index contributed by atoms with van der Waals surface area (Å²) >= 11 is 5.95. The van der Waals surface area contributed by atoms with Gasteiger partial charge in [-0.2, -0.15) is 5.10 Å². The second-order valence-electron chi connectivity index (χ2n) is 4.45. The quantitative estimate of drug-likeness (QED) is 0.924. The van der Waals surface area contributed by atoms with Crippen molar-refractivity contribution >= 4 is 11.6 Å². The maximum absolute atomic E-state index is 10.6. The molecule has 18 heavy (non-hydrogen) atoms. The van der Waals surface area contributed by atoms with Crippen molar-refractivity contribution in [3.63, 3.8) is 0 Å². The lowest BCUT2D eigenvalue weighted by molar-refractivity contribution is 0.0543. The molecule has 0 saturated carbocycles. The van der Waals surface area contributed by atoms with Crippen molar-refractivity contribution in [2.75, 3.05) is 0 Å². The number of benzene rings is 1. The van der Waals surface area contributed by atoms with Crippen molar-refractivity contribution in [2.24, 2.45) is 0 Å². The van der Waals surface area contributed by atoms with Crippen molar-refractivity contribution in [1.29, 1.82) is 0 Å². The summed E-state index contributed by atoms with van der Waals surface area (Å²) in [5, 5.41) is 15.3. The van der Waals surface area contributed by atoms with E-state index in [1.54, 1.807) is 23.7 Å². The Balaban J connectivity index is 2.26. The van der Waals surface area contributed by atoms with Crippen LogP contribution in [0, 0.1) is 0 Å². The molecule has 0 aliphatic carbocycles. The van der Waals surface area contributed by atoms with Gasteiger partial charge < -0.3 is 5.11 Å². The molecule has 0 aliphatic heterocycles. The molecule has 0 radical (unpaired) electrons. The summed E-state index contributed by atoms with van der Waals surface area (Å²) < 4.78 is 1.78. The number of aliphatic hydroxyl groups is 1. The number of hydrogen-bond acceptors (Lipinski definition) is 3. The molecule has 0 aliphatic rings. The molecule has 2 aromatic rings. The molecule has 4 nitrogen and oxygen atoms in total. The molecule has 1 N–H and O–H groups in total. The van der Waals surface area contributed by atoms with Crippen LogP contribution in [0.1, 0.15) is 25.2 Å². The van der Waals surface area contributed by atoms with Crippen molar-refractivity contribution in [3.05, 3.63) is 47.0 Å². The van der Waals surface area contributed by atoms with E-state index in [-0.39, 0.29) is 0 Å². The van der Waals surface area contributed by atoms with E-state index in [2.05, 4.69) is 10.1 Å². The van der Waals surface area contributed by atoms with Gasteiger partial charge >= 0.3 is 0 Å². The molecule has 0 spiro atoms. The highest BCUT2D eigenvalue weighted by atomic mass is 35.5. The highest BCUT2D eigenvalue weighted by Gasteiger charge is 2.26. The highest BCUT2D eigenvalue weighted by Crippen LogP contribution is 2.26. The van der Waals surface area contributed by atoms with Crippen LogP contribution in [0.3, 0.4) is 0 Å². The zero-order valence-electron chi connectivity index (χ0n) is 10.5. The fraction of sp³-hybridized carbons (Fsp3) is 0.385. The molecule has 1 aromatic heterocycles. The van der Waals surface area contributed by atoms with E-state index in [4.69, 9.17) is 11.6 Å². The average molecular weight is 266 g/mol. The summed E-state index contributed by atoms with van der Waals surface area (Å²) in [6.45, 7) is 4.49. The number of halogens is 1. The summed E-state index contributed by atoms with van der Waals surface area (Å²) in [4.78, 5) is 4.18. The van der Waals surface area contributed by atoms with E-state index >= 15 is 0 Å². The standard InChI is InChI=1S/C13H16ClN3O/c1-3-17-12(15-9-16-17)8-13(2,18)10-5-4-6-11(14)7-10/h4-7,9,18H,3,8H2,1-2H3. The Kier molecular flexibility index (Phi) is 3.68. The minimum absolute atomic E-state index is 0.404. The number of nitrogens with zero attached hydrogens (tertiary/aromatic N) is 3. The first kappa shape index (κ1) is 13.1. The number of aryl methyl sites for hydroxylation is 1. The Hall–Kier alpha value is -1.39. The Labute approximate surface area is 111 Å². The maximum atomic E-state index is 10.6. The topological polar surface area (TPSA) is 50.9 Å². The van der Waals surface area contributed by atoms with Crippen LogP contribution < -0.4 is 0 Å².